The number of benzene rings is 1. The minimum Gasteiger partial charge on any atom is -0.466 e. The van der Waals surface area contributed by atoms with Gasteiger partial charge in [-0.3, -0.25) is 4.79 Å². The molecule has 1 aromatic rings. The number of rotatable bonds is 5. The first-order valence-corrected chi connectivity index (χ1v) is 8.05. The van der Waals surface area contributed by atoms with Gasteiger partial charge in [0.25, 0.3) is 0 Å². The number of para-hydroxylation sites is 2. The topological polar surface area (TPSA) is 94.2 Å². The van der Waals surface area contributed by atoms with Crippen molar-refractivity contribution >= 4 is 29.2 Å². The Balaban J connectivity index is 2.54. The van der Waals surface area contributed by atoms with Gasteiger partial charge in [-0.15, -0.1) is 0 Å². The van der Waals surface area contributed by atoms with Crippen molar-refractivity contribution in [2.75, 3.05) is 37.8 Å². The van der Waals surface area contributed by atoms with Crippen molar-refractivity contribution in [3.05, 3.63) is 35.5 Å². The Hall–Kier alpha value is -2.87. The Labute approximate surface area is 151 Å². The number of methoxy groups -OCH3 is 2. The van der Waals surface area contributed by atoms with E-state index >= 15 is 0 Å². The molecule has 8 nitrogen and oxygen atoms in total. The maximum absolute atomic E-state index is 12.4. The highest BCUT2D eigenvalue weighted by Crippen LogP contribution is 2.32. The monoisotopic (exact) mass is 362 g/mol. The van der Waals surface area contributed by atoms with Crippen molar-refractivity contribution in [1.29, 1.82) is 0 Å². The van der Waals surface area contributed by atoms with Crippen molar-refractivity contribution < 1.29 is 28.6 Å². The zero-order chi connectivity index (χ0) is 19.3. The number of nitrogens with one attached hydrogen (secondary N) is 1. The molecule has 140 valence electrons. The number of carbonyl (C=O) groups excluding carboxylic acids is 3. The van der Waals surface area contributed by atoms with E-state index < -0.39 is 11.9 Å². The van der Waals surface area contributed by atoms with Gasteiger partial charge in [0, 0.05) is 5.92 Å². The Morgan fingerprint density at radius 1 is 1.12 bits per heavy atom. The zero-order valence-electron chi connectivity index (χ0n) is 15.2. The molecule has 1 N–H and O–H groups in total. The third-order valence-corrected chi connectivity index (χ3v) is 3.81. The normalized spacial score (nSPS) is 14.3. The third kappa shape index (κ3) is 4.02. The summed E-state index contributed by atoms with van der Waals surface area (Å²) in [5.41, 5.74) is 1.07. The second-order valence-corrected chi connectivity index (χ2v) is 5.88. The van der Waals surface area contributed by atoms with Crippen LogP contribution >= 0.6 is 0 Å². The van der Waals surface area contributed by atoms with E-state index in [9.17, 15) is 14.4 Å². The van der Waals surface area contributed by atoms with Crippen LogP contribution in [0.1, 0.15) is 13.8 Å². The average Bonchev–Trinajstić information content (AvgIpc) is 2.66. The summed E-state index contributed by atoms with van der Waals surface area (Å²) in [6, 6.07) is 6.92. The predicted molar refractivity (Wildman–Crippen MR) is 94.3 cm³/mol. The highest BCUT2D eigenvalue weighted by Gasteiger charge is 2.33. The van der Waals surface area contributed by atoms with Gasteiger partial charge in [-0.05, 0) is 12.1 Å². The molecular weight excluding hydrogens is 340 g/mol. The molecule has 1 aromatic carbocycles. The summed E-state index contributed by atoms with van der Waals surface area (Å²) in [5.74, 6) is -1.77. The summed E-state index contributed by atoms with van der Waals surface area (Å²) in [7, 11) is 2.45. The molecule has 0 aromatic heterocycles. The molecule has 26 heavy (non-hydrogen) atoms. The minimum absolute atomic E-state index is 0.0134. The lowest BCUT2D eigenvalue weighted by Crippen LogP contribution is -2.39. The number of carbonyl (C=O) groups is 3. The van der Waals surface area contributed by atoms with Crippen LogP contribution in [0, 0.1) is 5.92 Å². The fourth-order valence-electron chi connectivity index (χ4n) is 2.43. The molecule has 0 saturated heterocycles. The Morgan fingerprint density at radius 2 is 1.77 bits per heavy atom. The summed E-state index contributed by atoms with van der Waals surface area (Å²) in [4.78, 5) is 38.0. The van der Waals surface area contributed by atoms with Gasteiger partial charge in [-0.25, -0.2) is 9.59 Å². The van der Waals surface area contributed by atoms with Crippen molar-refractivity contribution in [2.45, 2.75) is 13.8 Å². The van der Waals surface area contributed by atoms with Gasteiger partial charge < -0.3 is 24.4 Å². The number of anilines is 2. The molecule has 0 unspecified atom stereocenters. The average molecular weight is 362 g/mol. The Morgan fingerprint density at radius 3 is 2.38 bits per heavy atom. The first kappa shape index (κ1) is 19.5. The van der Waals surface area contributed by atoms with E-state index in [2.05, 4.69) is 5.32 Å². The maximum atomic E-state index is 12.4. The van der Waals surface area contributed by atoms with Crippen LogP contribution in [0.5, 0.6) is 0 Å². The molecule has 1 heterocycles. The predicted octanol–water partition coefficient (Wildman–Crippen LogP) is 1.68. The second kappa shape index (κ2) is 8.48. The van der Waals surface area contributed by atoms with E-state index in [-0.39, 0.29) is 36.4 Å². The van der Waals surface area contributed by atoms with Crippen LogP contribution in [-0.4, -0.2) is 45.4 Å². The molecule has 2 rings (SSSR count). The number of hydrogen-bond donors (Lipinski definition) is 1. The lowest BCUT2D eigenvalue weighted by atomic mass is 10.1. The highest BCUT2D eigenvalue weighted by molar-refractivity contribution is 6.05. The van der Waals surface area contributed by atoms with Gasteiger partial charge in [0.15, 0.2) is 0 Å². The van der Waals surface area contributed by atoms with E-state index in [1.165, 1.54) is 19.1 Å². The number of esters is 2. The van der Waals surface area contributed by atoms with Gasteiger partial charge in [0.2, 0.25) is 5.91 Å². The molecular formula is C18H22N2O6. The van der Waals surface area contributed by atoms with Crippen LogP contribution in [0.2, 0.25) is 0 Å². The smallest absolute Gasteiger partial charge is 0.355 e. The number of nitrogens with zero attached hydrogens (tertiary/aromatic N) is 1. The molecule has 0 saturated carbocycles. The van der Waals surface area contributed by atoms with Crippen LogP contribution in [0.3, 0.4) is 0 Å². The van der Waals surface area contributed by atoms with E-state index in [0.717, 1.165) is 0 Å². The van der Waals surface area contributed by atoms with Gasteiger partial charge >= 0.3 is 11.9 Å². The van der Waals surface area contributed by atoms with Gasteiger partial charge in [-0.2, -0.15) is 0 Å². The second-order valence-electron chi connectivity index (χ2n) is 5.88. The summed E-state index contributed by atoms with van der Waals surface area (Å²) < 4.78 is 15.0. The molecule has 0 spiro atoms. The molecule has 1 aliphatic rings. The lowest BCUT2D eigenvalue weighted by molar-refractivity contribution is -0.140. The number of hydrogen-bond acceptors (Lipinski definition) is 7. The number of ether oxygens (including phenoxy) is 3. The Kier molecular flexibility index (Phi) is 6.35. The van der Waals surface area contributed by atoms with Crippen LogP contribution < -0.4 is 10.2 Å². The largest absolute Gasteiger partial charge is 0.466 e. The standard InChI is InChI=1S/C18H22N2O6/c1-11(2)16(21)19-13-7-5-6-8-14(13)20-10-26-9-12(17(22)24-3)15(20)18(23)25-4/h5-8,11H,9-10H2,1-4H3,(H,19,21). The lowest BCUT2D eigenvalue weighted by Gasteiger charge is -2.32. The molecule has 0 aliphatic carbocycles. The van der Waals surface area contributed by atoms with Gasteiger partial charge in [-0.1, -0.05) is 26.0 Å². The van der Waals surface area contributed by atoms with Gasteiger partial charge in [0.05, 0.1) is 37.8 Å². The fraction of sp³-hybridized carbons (Fsp3) is 0.389. The Bertz CT molecular complexity index is 741. The highest BCUT2D eigenvalue weighted by atomic mass is 16.5. The molecule has 1 amide bonds. The number of amides is 1. The van der Waals surface area contributed by atoms with E-state index in [1.54, 1.807) is 38.1 Å². The van der Waals surface area contributed by atoms with Crippen LogP contribution in [0.4, 0.5) is 11.4 Å². The summed E-state index contributed by atoms with van der Waals surface area (Å²) in [6.45, 7) is 3.49. The fourth-order valence-corrected chi connectivity index (χ4v) is 2.43. The van der Waals surface area contributed by atoms with E-state index in [0.29, 0.717) is 11.4 Å². The molecule has 0 bridgehead atoms. The quantitative estimate of drug-likeness (QED) is 0.796. The molecule has 0 atom stereocenters. The van der Waals surface area contributed by atoms with Crippen molar-refractivity contribution in [1.82, 2.24) is 0 Å². The van der Waals surface area contributed by atoms with E-state index in [1.807, 2.05) is 0 Å². The van der Waals surface area contributed by atoms with Crippen molar-refractivity contribution in [3.8, 4) is 0 Å². The first-order valence-electron chi connectivity index (χ1n) is 8.05. The first-order chi connectivity index (χ1) is 12.4. The van der Waals surface area contributed by atoms with Crippen molar-refractivity contribution in [2.24, 2.45) is 5.92 Å². The summed E-state index contributed by atoms with van der Waals surface area (Å²) in [6.07, 6.45) is 0. The summed E-state index contributed by atoms with van der Waals surface area (Å²) >= 11 is 0. The van der Waals surface area contributed by atoms with Crippen LogP contribution in [-0.2, 0) is 28.6 Å². The molecule has 0 fully saturated rings. The third-order valence-electron chi connectivity index (χ3n) is 3.81. The molecule has 1 aliphatic heterocycles. The van der Waals surface area contributed by atoms with Crippen molar-refractivity contribution in [3.63, 3.8) is 0 Å². The SMILES string of the molecule is COC(=O)C1=C(C(=O)OC)N(c2ccccc2NC(=O)C(C)C)COC1. The minimum atomic E-state index is -0.696. The van der Waals surface area contributed by atoms with Gasteiger partial charge in [0.1, 0.15) is 12.4 Å². The molecule has 0 radical (unpaired) electrons. The van der Waals surface area contributed by atoms with Crippen LogP contribution in [0.15, 0.2) is 35.5 Å². The van der Waals surface area contributed by atoms with E-state index in [4.69, 9.17) is 14.2 Å². The molecule has 8 heteroatoms. The maximum Gasteiger partial charge on any atom is 0.355 e. The van der Waals surface area contributed by atoms with Crippen LogP contribution in [0.25, 0.3) is 0 Å². The summed E-state index contributed by atoms with van der Waals surface area (Å²) in [5, 5.41) is 2.82. The zero-order valence-corrected chi connectivity index (χ0v) is 15.2.